The molecule has 0 aromatic heterocycles. The van der Waals surface area contributed by atoms with E-state index >= 15 is 0 Å². The van der Waals surface area contributed by atoms with Gasteiger partial charge in [0.1, 0.15) is 5.82 Å². The van der Waals surface area contributed by atoms with Crippen molar-refractivity contribution in [1.29, 1.82) is 0 Å². The molecule has 1 aliphatic heterocycles. The maximum atomic E-state index is 13.4. The van der Waals surface area contributed by atoms with Crippen LogP contribution in [0.1, 0.15) is 31.2 Å². The minimum Gasteiger partial charge on any atom is -0.389 e. The first-order valence-electron chi connectivity index (χ1n) is 6.85. The van der Waals surface area contributed by atoms with Crippen LogP contribution in [0.4, 0.5) is 4.39 Å². The van der Waals surface area contributed by atoms with Gasteiger partial charge >= 0.3 is 0 Å². The molecule has 0 spiro atoms. The third kappa shape index (κ3) is 2.04. The molecule has 1 saturated carbocycles. The summed E-state index contributed by atoms with van der Waals surface area (Å²) in [4.78, 5) is 14.4. The van der Waals surface area contributed by atoms with Crippen molar-refractivity contribution in [3.05, 3.63) is 35.6 Å². The van der Waals surface area contributed by atoms with E-state index in [-0.39, 0.29) is 11.7 Å². The molecule has 1 saturated heterocycles. The second-order valence-corrected chi connectivity index (χ2v) is 5.66. The van der Waals surface area contributed by atoms with E-state index in [1.54, 1.807) is 11.0 Å². The average Bonchev–Trinajstić information content (AvgIpc) is 2.85. The molecule has 3 nitrogen and oxygen atoms in total. The van der Waals surface area contributed by atoms with Gasteiger partial charge in [0.05, 0.1) is 11.5 Å². The van der Waals surface area contributed by atoms with Crippen LogP contribution in [0.3, 0.4) is 0 Å². The number of carbonyl (C=O) groups excluding carboxylic acids is 1. The van der Waals surface area contributed by atoms with Gasteiger partial charge in [-0.1, -0.05) is 25.0 Å². The lowest BCUT2D eigenvalue weighted by atomic mass is 9.77. The summed E-state index contributed by atoms with van der Waals surface area (Å²) in [5.41, 5.74) is 0.221. The Morgan fingerprint density at radius 1 is 1.32 bits per heavy atom. The van der Waals surface area contributed by atoms with Gasteiger partial charge in [0, 0.05) is 13.1 Å². The number of rotatable bonds is 2. The van der Waals surface area contributed by atoms with E-state index in [0.29, 0.717) is 13.1 Å². The molecule has 102 valence electrons. The summed E-state index contributed by atoms with van der Waals surface area (Å²) < 4.78 is 13.4. The summed E-state index contributed by atoms with van der Waals surface area (Å²) in [7, 11) is 0. The Bertz CT molecular complexity index is 491. The third-order valence-corrected chi connectivity index (χ3v) is 4.39. The third-order valence-electron chi connectivity index (χ3n) is 4.39. The number of nitrogens with zero attached hydrogens (tertiary/aromatic N) is 1. The van der Waals surface area contributed by atoms with Crippen molar-refractivity contribution in [3.8, 4) is 0 Å². The van der Waals surface area contributed by atoms with Crippen LogP contribution in [0.5, 0.6) is 0 Å². The topological polar surface area (TPSA) is 40.5 Å². The van der Waals surface area contributed by atoms with Crippen LogP contribution in [0.15, 0.2) is 24.3 Å². The van der Waals surface area contributed by atoms with Gasteiger partial charge in [-0.25, -0.2) is 4.39 Å². The Hall–Kier alpha value is -1.42. The highest BCUT2D eigenvalue weighted by molar-refractivity contribution is 5.89. The summed E-state index contributed by atoms with van der Waals surface area (Å²) in [6, 6.07) is 6.41. The van der Waals surface area contributed by atoms with E-state index < -0.39 is 11.5 Å². The van der Waals surface area contributed by atoms with Crippen LogP contribution in [-0.4, -0.2) is 35.1 Å². The number of aliphatic hydroxyl groups excluding tert-OH is 1. The zero-order valence-electron chi connectivity index (χ0n) is 10.8. The van der Waals surface area contributed by atoms with Crippen molar-refractivity contribution in [3.63, 3.8) is 0 Å². The highest BCUT2D eigenvalue weighted by atomic mass is 19.1. The van der Waals surface area contributed by atoms with Gasteiger partial charge in [0.25, 0.3) is 0 Å². The molecule has 1 aromatic carbocycles. The summed E-state index contributed by atoms with van der Waals surface area (Å²) in [6.07, 6.45) is 3.16. The van der Waals surface area contributed by atoms with Crippen molar-refractivity contribution in [2.75, 3.05) is 13.1 Å². The van der Waals surface area contributed by atoms with E-state index in [1.165, 1.54) is 12.1 Å². The number of likely N-dealkylation sites (tertiary alicyclic amines) is 1. The molecule has 1 aromatic rings. The monoisotopic (exact) mass is 263 g/mol. The summed E-state index contributed by atoms with van der Waals surface area (Å²) in [5.74, 6) is -0.235. The van der Waals surface area contributed by atoms with Crippen molar-refractivity contribution in [1.82, 2.24) is 4.90 Å². The Labute approximate surface area is 112 Å². The van der Waals surface area contributed by atoms with Gasteiger partial charge in [-0.2, -0.15) is 0 Å². The number of amides is 1. The first-order chi connectivity index (χ1) is 9.12. The summed E-state index contributed by atoms with van der Waals surface area (Å²) >= 11 is 0. The minimum atomic E-state index is -0.567. The van der Waals surface area contributed by atoms with E-state index in [2.05, 4.69) is 0 Å². The smallest absolute Gasteiger partial charge is 0.233 e. The first kappa shape index (κ1) is 12.6. The van der Waals surface area contributed by atoms with E-state index in [4.69, 9.17) is 0 Å². The van der Waals surface area contributed by atoms with E-state index in [1.807, 2.05) is 6.07 Å². The van der Waals surface area contributed by atoms with Gasteiger partial charge in [0.15, 0.2) is 0 Å². The zero-order chi connectivity index (χ0) is 13.5. The number of β-amino-alcohol motifs (C(OH)–C–C–N with tert-alkyl or cyclic N) is 1. The number of carbonyl (C=O) groups is 1. The standard InChI is InChI=1S/C15H18FNO2/c16-12-5-3-4-11(8-12)15(6-1-2-7-15)14(19)17-9-13(18)10-17/h3-5,8,13,18H,1-2,6-7,9-10H2. The van der Waals surface area contributed by atoms with Crippen molar-refractivity contribution in [2.45, 2.75) is 37.2 Å². The number of hydrogen-bond donors (Lipinski definition) is 1. The molecule has 1 aliphatic carbocycles. The number of hydrogen-bond acceptors (Lipinski definition) is 2. The largest absolute Gasteiger partial charge is 0.389 e. The molecule has 3 rings (SSSR count). The Morgan fingerprint density at radius 3 is 2.58 bits per heavy atom. The predicted molar refractivity (Wildman–Crippen MR) is 69.1 cm³/mol. The van der Waals surface area contributed by atoms with Crippen LogP contribution in [0.2, 0.25) is 0 Å². The Balaban J connectivity index is 1.93. The summed E-state index contributed by atoms with van der Waals surface area (Å²) in [5, 5.41) is 9.35. The van der Waals surface area contributed by atoms with Gasteiger partial charge < -0.3 is 10.0 Å². The average molecular weight is 263 g/mol. The quantitative estimate of drug-likeness (QED) is 0.884. The number of aliphatic hydroxyl groups is 1. The molecule has 19 heavy (non-hydrogen) atoms. The highest BCUT2D eigenvalue weighted by Gasteiger charge is 2.47. The lowest BCUT2D eigenvalue weighted by Crippen LogP contribution is -2.58. The SMILES string of the molecule is O=C(N1CC(O)C1)C1(c2cccc(F)c2)CCCC1. The fraction of sp³-hybridized carbons (Fsp3) is 0.533. The van der Waals surface area contributed by atoms with Crippen molar-refractivity contribution in [2.24, 2.45) is 0 Å². The van der Waals surface area contributed by atoms with Gasteiger partial charge in [-0.3, -0.25) is 4.79 Å². The second kappa shape index (κ2) is 4.60. The van der Waals surface area contributed by atoms with Gasteiger partial charge in [-0.05, 0) is 30.5 Å². The Morgan fingerprint density at radius 2 is 2.00 bits per heavy atom. The molecule has 0 radical (unpaired) electrons. The molecule has 4 heteroatoms. The lowest BCUT2D eigenvalue weighted by Gasteiger charge is -2.42. The van der Waals surface area contributed by atoms with E-state index in [0.717, 1.165) is 31.2 Å². The number of benzene rings is 1. The molecule has 1 heterocycles. The molecule has 0 atom stereocenters. The molecule has 0 unspecified atom stereocenters. The van der Waals surface area contributed by atoms with Crippen LogP contribution in [-0.2, 0) is 10.2 Å². The molecular weight excluding hydrogens is 245 g/mol. The molecular formula is C15H18FNO2. The minimum absolute atomic E-state index is 0.0564. The van der Waals surface area contributed by atoms with Crippen LogP contribution >= 0.6 is 0 Å². The maximum absolute atomic E-state index is 13.4. The summed E-state index contributed by atoms with van der Waals surface area (Å²) in [6.45, 7) is 0.825. The van der Waals surface area contributed by atoms with Gasteiger partial charge in [0.2, 0.25) is 5.91 Å². The first-order valence-corrected chi connectivity index (χ1v) is 6.85. The molecule has 0 bridgehead atoms. The predicted octanol–water partition coefficient (Wildman–Crippen LogP) is 1.84. The molecule has 1 amide bonds. The molecule has 2 aliphatic rings. The molecule has 1 N–H and O–H groups in total. The van der Waals surface area contributed by atoms with Crippen LogP contribution < -0.4 is 0 Å². The van der Waals surface area contributed by atoms with E-state index in [9.17, 15) is 14.3 Å². The lowest BCUT2D eigenvalue weighted by molar-refractivity contribution is -0.147. The fourth-order valence-electron chi connectivity index (χ4n) is 3.31. The zero-order valence-corrected chi connectivity index (χ0v) is 10.8. The van der Waals surface area contributed by atoms with Crippen LogP contribution in [0, 0.1) is 5.82 Å². The maximum Gasteiger partial charge on any atom is 0.233 e. The normalized spacial score (nSPS) is 22.3. The van der Waals surface area contributed by atoms with Crippen molar-refractivity contribution < 1.29 is 14.3 Å². The number of halogens is 1. The van der Waals surface area contributed by atoms with Gasteiger partial charge in [-0.15, -0.1) is 0 Å². The Kier molecular flexibility index (Phi) is 3.05. The highest BCUT2D eigenvalue weighted by Crippen LogP contribution is 2.43. The second-order valence-electron chi connectivity index (χ2n) is 5.66. The van der Waals surface area contributed by atoms with Crippen LogP contribution in [0.25, 0.3) is 0 Å². The fourth-order valence-corrected chi connectivity index (χ4v) is 3.31. The molecule has 2 fully saturated rings. The van der Waals surface area contributed by atoms with Crippen molar-refractivity contribution >= 4 is 5.91 Å².